The lowest BCUT2D eigenvalue weighted by Gasteiger charge is -2.23. The van der Waals surface area contributed by atoms with E-state index in [1.165, 1.54) is 28.4 Å². The summed E-state index contributed by atoms with van der Waals surface area (Å²) in [5, 5.41) is 2.67. The predicted molar refractivity (Wildman–Crippen MR) is 118 cm³/mol. The molecule has 0 aliphatic heterocycles. The molecule has 2 amide bonds. The molecular formula is C21H15F3N4OS2. The van der Waals surface area contributed by atoms with Gasteiger partial charge in [0.1, 0.15) is 4.34 Å². The Labute approximate surface area is 185 Å². The molecule has 0 aliphatic rings. The van der Waals surface area contributed by atoms with Crippen LogP contribution in [0.15, 0.2) is 71.3 Å². The highest BCUT2D eigenvalue weighted by molar-refractivity contribution is 7.82. The largest absolute Gasteiger partial charge is 0.416 e. The lowest BCUT2D eigenvalue weighted by atomic mass is 10.2. The van der Waals surface area contributed by atoms with Gasteiger partial charge in [-0.2, -0.15) is 13.2 Å². The van der Waals surface area contributed by atoms with Crippen LogP contribution in [-0.4, -0.2) is 16.0 Å². The van der Waals surface area contributed by atoms with Crippen LogP contribution in [0.5, 0.6) is 0 Å². The monoisotopic (exact) mass is 460 g/mol. The van der Waals surface area contributed by atoms with Crippen LogP contribution in [0, 0.1) is 0 Å². The first kappa shape index (κ1) is 21.1. The number of thiazole rings is 1. The van der Waals surface area contributed by atoms with Crippen LogP contribution in [0.1, 0.15) is 11.1 Å². The summed E-state index contributed by atoms with van der Waals surface area (Å²) in [4.78, 5) is 22.9. The summed E-state index contributed by atoms with van der Waals surface area (Å²) >= 11 is 5.66. The van der Waals surface area contributed by atoms with Crippen molar-refractivity contribution in [2.75, 3.05) is 10.2 Å². The molecule has 1 N–H and O–H groups in total. The quantitative estimate of drug-likeness (QED) is 0.355. The van der Waals surface area contributed by atoms with E-state index in [-0.39, 0.29) is 12.2 Å². The van der Waals surface area contributed by atoms with E-state index in [2.05, 4.69) is 27.9 Å². The third-order valence-corrected chi connectivity index (χ3v) is 5.67. The number of thiol groups is 1. The van der Waals surface area contributed by atoms with E-state index in [4.69, 9.17) is 0 Å². The number of hydrogen-bond acceptors (Lipinski definition) is 5. The number of nitrogens with one attached hydrogen (secondary N) is 1. The number of alkyl halides is 3. The molecule has 0 fully saturated rings. The number of pyridine rings is 1. The number of halogens is 3. The highest BCUT2D eigenvalue weighted by atomic mass is 32.2. The van der Waals surface area contributed by atoms with Crippen molar-refractivity contribution in [2.24, 2.45) is 0 Å². The molecule has 2 heterocycles. The predicted octanol–water partition coefficient (Wildman–Crippen LogP) is 6.24. The molecule has 0 radical (unpaired) electrons. The van der Waals surface area contributed by atoms with Gasteiger partial charge < -0.3 is 5.32 Å². The maximum absolute atomic E-state index is 13.1. The first-order chi connectivity index (χ1) is 14.8. The Balaban J connectivity index is 1.63. The van der Waals surface area contributed by atoms with Gasteiger partial charge in [-0.3, -0.25) is 9.88 Å². The molecule has 0 atom stereocenters. The lowest BCUT2D eigenvalue weighted by Crippen LogP contribution is -2.34. The fourth-order valence-corrected chi connectivity index (χ4v) is 4.10. The lowest BCUT2D eigenvalue weighted by molar-refractivity contribution is -0.137. The number of rotatable bonds is 4. The maximum atomic E-state index is 13.1. The average Bonchev–Trinajstić information content (AvgIpc) is 3.11. The molecule has 158 valence electrons. The summed E-state index contributed by atoms with van der Waals surface area (Å²) in [5.41, 5.74) is 1.71. The summed E-state index contributed by atoms with van der Waals surface area (Å²) in [6, 6.07) is 12.8. The van der Waals surface area contributed by atoms with Crippen molar-refractivity contribution in [1.29, 1.82) is 0 Å². The second kappa shape index (κ2) is 8.56. The Bertz CT molecular complexity index is 1210. The van der Waals surface area contributed by atoms with E-state index in [0.717, 1.165) is 27.9 Å². The molecule has 5 nitrogen and oxygen atoms in total. The van der Waals surface area contributed by atoms with E-state index in [1.807, 2.05) is 6.07 Å². The number of carbonyl (C=O) groups is 1. The Kier molecular flexibility index (Phi) is 5.84. The van der Waals surface area contributed by atoms with Crippen molar-refractivity contribution in [1.82, 2.24) is 9.97 Å². The molecule has 31 heavy (non-hydrogen) atoms. The van der Waals surface area contributed by atoms with Crippen LogP contribution in [0.25, 0.3) is 10.2 Å². The van der Waals surface area contributed by atoms with Crippen LogP contribution < -0.4 is 10.2 Å². The molecule has 2 aromatic carbocycles. The topological polar surface area (TPSA) is 58.1 Å². The minimum absolute atomic E-state index is 0.243. The van der Waals surface area contributed by atoms with Gasteiger partial charge in [0.2, 0.25) is 0 Å². The molecule has 4 rings (SSSR count). The molecule has 10 heteroatoms. The molecule has 0 bridgehead atoms. The first-order valence-electron chi connectivity index (χ1n) is 9.04. The number of aromatic nitrogens is 2. The molecular weight excluding hydrogens is 445 g/mol. The molecule has 0 aliphatic carbocycles. The van der Waals surface area contributed by atoms with Crippen molar-refractivity contribution in [3.8, 4) is 0 Å². The van der Waals surface area contributed by atoms with E-state index in [0.29, 0.717) is 10.0 Å². The molecule has 0 saturated carbocycles. The molecule has 0 saturated heterocycles. The van der Waals surface area contributed by atoms with Crippen LogP contribution >= 0.6 is 24.0 Å². The van der Waals surface area contributed by atoms with Gasteiger partial charge in [0.15, 0.2) is 0 Å². The fraction of sp³-hybridized carbons (Fsp3) is 0.0952. The average molecular weight is 461 g/mol. The van der Waals surface area contributed by atoms with Crippen LogP contribution in [0.2, 0.25) is 0 Å². The zero-order chi connectivity index (χ0) is 22.0. The third kappa shape index (κ3) is 4.97. The number of fused-ring (bicyclic) bond motifs is 1. The number of anilines is 2. The van der Waals surface area contributed by atoms with E-state index in [1.54, 1.807) is 36.7 Å². The second-order valence-corrected chi connectivity index (χ2v) is 8.35. The van der Waals surface area contributed by atoms with Gasteiger partial charge in [-0.25, -0.2) is 9.78 Å². The van der Waals surface area contributed by atoms with Gasteiger partial charge in [0, 0.05) is 23.8 Å². The van der Waals surface area contributed by atoms with Gasteiger partial charge in [-0.1, -0.05) is 0 Å². The highest BCUT2D eigenvalue weighted by Crippen LogP contribution is 2.31. The second-order valence-electron chi connectivity index (χ2n) is 6.60. The van der Waals surface area contributed by atoms with Gasteiger partial charge in [0.25, 0.3) is 0 Å². The number of amides is 2. The molecule has 0 unspecified atom stereocenters. The first-order valence-corrected chi connectivity index (χ1v) is 10.3. The Morgan fingerprint density at radius 3 is 2.45 bits per heavy atom. The minimum Gasteiger partial charge on any atom is -0.308 e. The van der Waals surface area contributed by atoms with Gasteiger partial charge in [0.05, 0.1) is 22.3 Å². The Morgan fingerprint density at radius 2 is 1.77 bits per heavy atom. The zero-order valence-corrected chi connectivity index (χ0v) is 17.5. The summed E-state index contributed by atoms with van der Waals surface area (Å²) in [5.74, 6) is 0. The van der Waals surface area contributed by atoms with Gasteiger partial charge >= 0.3 is 12.2 Å². The Morgan fingerprint density at radius 1 is 1.06 bits per heavy atom. The van der Waals surface area contributed by atoms with Crippen molar-refractivity contribution in [3.63, 3.8) is 0 Å². The van der Waals surface area contributed by atoms with Crippen LogP contribution in [0.4, 0.5) is 29.3 Å². The SMILES string of the molecule is O=C(Nc1ccc(C(F)(F)F)cc1)N(Cc1ccncc1)c1ccc2nc(S)sc2c1. The number of carbonyl (C=O) groups excluding carboxylic acids is 1. The maximum Gasteiger partial charge on any atom is 0.416 e. The number of urea groups is 1. The van der Waals surface area contributed by atoms with Crippen molar-refractivity contribution in [3.05, 3.63) is 78.1 Å². The van der Waals surface area contributed by atoms with Crippen molar-refractivity contribution >= 4 is 51.6 Å². The van der Waals surface area contributed by atoms with E-state index < -0.39 is 17.8 Å². The number of hydrogen-bond donors (Lipinski definition) is 2. The zero-order valence-electron chi connectivity index (χ0n) is 15.8. The normalized spacial score (nSPS) is 11.5. The summed E-state index contributed by atoms with van der Waals surface area (Å²) in [6.45, 7) is 0.243. The van der Waals surface area contributed by atoms with Crippen LogP contribution in [-0.2, 0) is 12.7 Å². The standard InChI is InChI=1S/C21H15F3N4OS2/c22-21(23,24)14-1-3-15(4-2-14)26-19(29)28(12-13-7-9-25-10-8-13)16-5-6-17-18(11-16)31-20(30)27-17/h1-11H,12H2,(H,26,29)(H,27,30). The summed E-state index contributed by atoms with van der Waals surface area (Å²) in [6.07, 6.45) is -1.19. The Hall–Kier alpha value is -3.11. The number of nitrogens with zero attached hydrogens (tertiary/aromatic N) is 3. The highest BCUT2D eigenvalue weighted by Gasteiger charge is 2.30. The molecule has 2 aromatic heterocycles. The fourth-order valence-electron chi connectivity index (χ4n) is 2.95. The minimum atomic E-state index is -4.44. The number of benzene rings is 2. The summed E-state index contributed by atoms with van der Waals surface area (Å²) < 4.78 is 39.9. The molecule has 4 aromatic rings. The van der Waals surface area contributed by atoms with Crippen molar-refractivity contribution < 1.29 is 18.0 Å². The van der Waals surface area contributed by atoms with E-state index >= 15 is 0 Å². The van der Waals surface area contributed by atoms with Gasteiger partial charge in [-0.05, 0) is 60.2 Å². The molecule has 0 spiro atoms. The van der Waals surface area contributed by atoms with Gasteiger partial charge in [-0.15, -0.1) is 24.0 Å². The van der Waals surface area contributed by atoms with E-state index in [9.17, 15) is 18.0 Å². The van der Waals surface area contributed by atoms with Crippen LogP contribution in [0.3, 0.4) is 0 Å². The smallest absolute Gasteiger partial charge is 0.308 e. The third-order valence-electron chi connectivity index (χ3n) is 4.47. The van der Waals surface area contributed by atoms with Crippen molar-refractivity contribution in [2.45, 2.75) is 17.1 Å². The summed E-state index contributed by atoms with van der Waals surface area (Å²) in [7, 11) is 0.